The first-order valence-electron chi connectivity index (χ1n) is 35.8. The van der Waals surface area contributed by atoms with Crippen molar-refractivity contribution < 1.29 is 18.9 Å². The van der Waals surface area contributed by atoms with E-state index >= 15 is 0 Å². The van der Waals surface area contributed by atoms with E-state index in [9.17, 15) is 0 Å². The van der Waals surface area contributed by atoms with E-state index in [0.717, 1.165) is 188 Å². The number of hydrogen-bond acceptors (Lipinski definition) is 4. The zero-order chi connectivity index (χ0) is 68.9. The maximum atomic E-state index is 7.28. The van der Waals surface area contributed by atoms with E-state index in [4.69, 9.17) is 18.9 Å². The first-order chi connectivity index (χ1) is 51.6. The van der Waals surface area contributed by atoms with E-state index in [2.05, 4.69) is 364 Å². The summed E-state index contributed by atoms with van der Waals surface area (Å²) in [6.45, 7) is 1.18. The molecule has 18 aromatic rings. The fraction of sp³-hybridized carbons (Fsp3) is 0.0400. The van der Waals surface area contributed by atoms with Crippen molar-refractivity contribution >= 4 is 64.6 Å². The van der Waals surface area contributed by atoms with Gasteiger partial charge in [0.2, 0.25) is 0 Å². The summed E-state index contributed by atoms with van der Waals surface area (Å²) in [6, 6.07) is 131. The number of hydrogen-bond donors (Lipinski definition) is 0. The highest BCUT2D eigenvalue weighted by atomic mass is 16.5. The van der Waals surface area contributed by atoms with Crippen LogP contribution in [0.25, 0.3) is 154 Å². The molecule has 0 N–H and O–H groups in total. The highest BCUT2D eigenvalue weighted by Crippen LogP contribution is 2.49. The molecule has 492 valence electrons. The van der Waals surface area contributed by atoms with Gasteiger partial charge in [-0.2, -0.15) is 0 Å². The maximum Gasteiger partial charge on any atom is 0.127 e. The molecule has 1 aliphatic rings. The Morgan fingerprint density at radius 2 is 0.375 bits per heavy atom. The van der Waals surface area contributed by atoms with Crippen molar-refractivity contribution in [2.24, 2.45) is 0 Å². The normalized spacial score (nSPS) is 12.4. The average Bonchev–Trinajstić information content (AvgIpc) is 0.754. The first-order valence-corrected chi connectivity index (χ1v) is 35.8. The minimum Gasteiger partial charge on any atom is -0.488 e. The van der Waals surface area contributed by atoms with Crippen LogP contribution < -0.4 is 18.9 Å². The molecule has 4 heteroatoms. The number of ether oxygens (including phenoxy) is 4. The van der Waals surface area contributed by atoms with Crippen LogP contribution in [0.3, 0.4) is 0 Å². The third-order valence-electron chi connectivity index (χ3n) is 21.0. The Labute approximate surface area is 604 Å². The Bertz CT molecular complexity index is 6010. The summed E-state index contributed by atoms with van der Waals surface area (Å²) < 4.78 is 29.0. The Morgan fingerprint density at radius 3 is 0.663 bits per heavy atom. The van der Waals surface area contributed by atoms with E-state index in [1.807, 2.05) is 0 Å². The summed E-state index contributed by atoms with van der Waals surface area (Å²) in [4.78, 5) is 0. The van der Waals surface area contributed by atoms with Crippen molar-refractivity contribution in [2.75, 3.05) is 0 Å². The summed E-state index contributed by atoms with van der Waals surface area (Å²) in [6.07, 6.45) is 0. The molecule has 1 aliphatic heterocycles. The Hall–Kier alpha value is -13.3. The molecule has 4 nitrogen and oxygen atoms in total. The maximum absolute atomic E-state index is 7.28. The lowest BCUT2D eigenvalue weighted by Gasteiger charge is -2.22. The zero-order valence-corrected chi connectivity index (χ0v) is 57.1. The molecule has 0 saturated carbocycles. The number of para-hydroxylation sites is 4. The Balaban J connectivity index is 0.811. The second kappa shape index (κ2) is 26.7. The molecular formula is C100H68O4. The smallest absolute Gasteiger partial charge is 0.127 e. The van der Waals surface area contributed by atoms with Gasteiger partial charge in [0.05, 0.1) is 0 Å². The molecule has 0 radical (unpaired) electrons. The molecule has 18 aromatic carbocycles. The summed E-state index contributed by atoms with van der Waals surface area (Å²) in [5.74, 6) is 3.01. The lowest BCUT2D eigenvalue weighted by atomic mass is 9.84. The fourth-order valence-electron chi connectivity index (χ4n) is 16.1. The van der Waals surface area contributed by atoms with E-state index in [1.165, 1.54) is 10.8 Å². The predicted molar refractivity (Wildman–Crippen MR) is 432 cm³/mol. The van der Waals surface area contributed by atoms with Gasteiger partial charge in [-0.25, -0.2) is 0 Å². The second-order valence-corrected chi connectivity index (χ2v) is 27.0. The van der Waals surface area contributed by atoms with Crippen LogP contribution >= 0.6 is 0 Å². The summed E-state index contributed by atoms with van der Waals surface area (Å²) in [7, 11) is 0. The summed E-state index contributed by atoms with van der Waals surface area (Å²) in [5.41, 5.74) is 21.5. The molecule has 0 saturated heterocycles. The van der Waals surface area contributed by atoms with Crippen LogP contribution in [0.1, 0.15) is 22.3 Å². The van der Waals surface area contributed by atoms with Gasteiger partial charge in [0.15, 0.2) is 0 Å². The topological polar surface area (TPSA) is 36.9 Å². The molecule has 0 amide bonds. The van der Waals surface area contributed by atoms with E-state index in [0.29, 0.717) is 13.2 Å². The van der Waals surface area contributed by atoms with Crippen molar-refractivity contribution in [1.29, 1.82) is 0 Å². The van der Waals surface area contributed by atoms with E-state index in [-0.39, 0.29) is 13.2 Å². The quantitative estimate of drug-likeness (QED) is 0.152. The van der Waals surface area contributed by atoms with Crippen LogP contribution in [-0.4, -0.2) is 0 Å². The molecule has 0 fully saturated rings. The van der Waals surface area contributed by atoms with Gasteiger partial charge >= 0.3 is 0 Å². The van der Waals surface area contributed by atoms with Gasteiger partial charge in [0.25, 0.3) is 0 Å². The van der Waals surface area contributed by atoms with Crippen LogP contribution in [0.15, 0.2) is 364 Å². The van der Waals surface area contributed by atoms with Crippen LogP contribution in [0.5, 0.6) is 23.0 Å². The number of rotatable bonds is 0. The number of benzene rings is 18. The van der Waals surface area contributed by atoms with Crippen molar-refractivity contribution in [1.82, 2.24) is 0 Å². The van der Waals surface area contributed by atoms with E-state index < -0.39 is 0 Å². The SMILES string of the molecule is c1cc2cc(c1)-c1ccc3ccccc3c1-c1c(ccc3ccccc13)COc1ccccc1-c1ccccc1OCc1ccc3ccccc3c1-c1c(ccc3ccccc13)COc1ccccc1-c1ccccc1OCc1ccc3ccccc3c1-c1c(ccc3ccccc13)-c1cccc-2c1. The van der Waals surface area contributed by atoms with Gasteiger partial charge in [-0.15, -0.1) is 0 Å². The van der Waals surface area contributed by atoms with Gasteiger partial charge in [0, 0.05) is 22.3 Å². The molecule has 104 heavy (non-hydrogen) atoms. The fourth-order valence-corrected chi connectivity index (χ4v) is 16.1. The third-order valence-corrected chi connectivity index (χ3v) is 21.0. The van der Waals surface area contributed by atoms with Crippen molar-refractivity contribution in [3.63, 3.8) is 0 Å². The van der Waals surface area contributed by atoms with Crippen LogP contribution in [0, 0.1) is 0 Å². The van der Waals surface area contributed by atoms with Gasteiger partial charge < -0.3 is 18.9 Å². The zero-order valence-electron chi connectivity index (χ0n) is 57.1. The monoisotopic (exact) mass is 1330 g/mol. The third kappa shape index (κ3) is 11.2. The van der Waals surface area contributed by atoms with Gasteiger partial charge in [-0.3, -0.25) is 0 Å². The Kier molecular flexibility index (Phi) is 15.8. The standard InChI is InChI=1S/C100H68O4/c1-7-33-79-65(23-1)47-51-75-61-101-91-43-17-13-39-87(91)89-41-15-19-45-93(89)103-63-77-53-49-67-25-3-9-35-81(67)97(77)99-83-37-11-5-27-69(83)55-57-85(99)73-31-21-29-71(59-73)72-30-22-32-74(60-72)86-58-56-70-28-6-12-38-84(70)100(86)98-78(54-50-68-26-4-10-36-82(68)98)64-104-94-46-20-16-42-90(94)88-40-14-18-44-92(88)102-62-76-52-48-66-24-2-8-34-80(66)96(76)95(75)79/h1-60H,61-64H2. The molecule has 4 bridgehead atoms. The number of fused-ring (bicyclic) bond motifs is 34. The molecule has 0 spiro atoms. The molecule has 0 atom stereocenters. The minimum absolute atomic E-state index is 0.288. The second-order valence-electron chi connectivity index (χ2n) is 27.0. The molecule has 0 aliphatic carbocycles. The van der Waals surface area contributed by atoms with Crippen molar-refractivity contribution in [3.05, 3.63) is 386 Å². The molecule has 0 aromatic heterocycles. The molecule has 0 unspecified atom stereocenters. The highest BCUT2D eigenvalue weighted by molar-refractivity contribution is 6.14. The van der Waals surface area contributed by atoms with Gasteiger partial charge in [-0.1, -0.05) is 328 Å². The molecule has 1 heterocycles. The van der Waals surface area contributed by atoms with Crippen LogP contribution in [-0.2, 0) is 26.4 Å². The van der Waals surface area contributed by atoms with E-state index in [1.54, 1.807) is 0 Å². The Morgan fingerprint density at radius 1 is 0.154 bits per heavy atom. The lowest BCUT2D eigenvalue weighted by molar-refractivity contribution is 0.302. The average molecular weight is 1330 g/mol. The van der Waals surface area contributed by atoms with Crippen molar-refractivity contribution in [2.45, 2.75) is 26.4 Å². The minimum atomic E-state index is 0.288. The highest BCUT2D eigenvalue weighted by Gasteiger charge is 2.25. The van der Waals surface area contributed by atoms with Crippen LogP contribution in [0.4, 0.5) is 0 Å². The summed E-state index contributed by atoms with van der Waals surface area (Å²) >= 11 is 0. The lowest BCUT2D eigenvalue weighted by Crippen LogP contribution is -2.05. The predicted octanol–water partition coefficient (Wildman–Crippen LogP) is 26.6. The largest absolute Gasteiger partial charge is 0.488 e. The van der Waals surface area contributed by atoms with Gasteiger partial charge in [-0.05, 0) is 190 Å². The van der Waals surface area contributed by atoms with Crippen molar-refractivity contribution in [3.8, 4) is 112 Å². The van der Waals surface area contributed by atoms with Gasteiger partial charge in [0.1, 0.15) is 49.4 Å². The van der Waals surface area contributed by atoms with Crippen LogP contribution in [0.2, 0.25) is 0 Å². The molecular weight excluding hydrogens is 1270 g/mol. The summed E-state index contributed by atoms with van der Waals surface area (Å²) in [5, 5.41) is 13.8. The first kappa shape index (κ1) is 61.8. The molecule has 19 rings (SSSR count).